The topological polar surface area (TPSA) is 32.7 Å². The lowest BCUT2D eigenvalue weighted by Gasteiger charge is -2.34. The van der Waals surface area contributed by atoms with E-state index in [9.17, 15) is 5.11 Å². The third kappa shape index (κ3) is 2.94. The standard InChI is InChI=1S/C11H21NO2/c13-11-2-1-5-12(9-11)8-10-3-6-14-7-4-10/h10-11,13H,1-9H2/t11-/m0/s1. The van der Waals surface area contributed by atoms with Gasteiger partial charge in [-0.2, -0.15) is 0 Å². The summed E-state index contributed by atoms with van der Waals surface area (Å²) in [5.41, 5.74) is 0. The summed E-state index contributed by atoms with van der Waals surface area (Å²) in [5, 5.41) is 9.54. The first-order valence-electron chi connectivity index (χ1n) is 5.83. The molecular weight excluding hydrogens is 178 g/mol. The van der Waals surface area contributed by atoms with Crippen molar-refractivity contribution in [1.29, 1.82) is 0 Å². The van der Waals surface area contributed by atoms with Gasteiger partial charge in [0.15, 0.2) is 0 Å². The molecule has 0 spiro atoms. The van der Waals surface area contributed by atoms with E-state index < -0.39 is 0 Å². The normalized spacial score (nSPS) is 31.9. The zero-order chi connectivity index (χ0) is 9.80. The Balaban J connectivity index is 1.72. The van der Waals surface area contributed by atoms with Crippen molar-refractivity contribution in [3.8, 4) is 0 Å². The summed E-state index contributed by atoms with van der Waals surface area (Å²) in [7, 11) is 0. The number of aliphatic hydroxyl groups excluding tert-OH is 1. The summed E-state index contributed by atoms with van der Waals surface area (Å²) in [4.78, 5) is 2.42. The Morgan fingerprint density at radius 3 is 2.71 bits per heavy atom. The summed E-state index contributed by atoms with van der Waals surface area (Å²) in [6.45, 7) is 5.09. The van der Waals surface area contributed by atoms with Crippen LogP contribution < -0.4 is 0 Å². The summed E-state index contributed by atoms with van der Waals surface area (Å²) in [6.07, 6.45) is 4.47. The number of likely N-dealkylation sites (tertiary alicyclic amines) is 1. The van der Waals surface area contributed by atoms with Crippen molar-refractivity contribution < 1.29 is 9.84 Å². The number of aliphatic hydroxyl groups is 1. The maximum atomic E-state index is 9.54. The molecule has 82 valence electrons. The van der Waals surface area contributed by atoms with Crippen molar-refractivity contribution in [1.82, 2.24) is 4.90 Å². The number of hydrogen-bond acceptors (Lipinski definition) is 3. The van der Waals surface area contributed by atoms with Crippen molar-refractivity contribution in [3.63, 3.8) is 0 Å². The fraction of sp³-hybridized carbons (Fsp3) is 1.00. The molecule has 0 bridgehead atoms. The van der Waals surface area contributed by atoms with Crippen molar-refractivity contribution >= 4 is 0 Å². The van der Waals surface area contributed by atoms with E-state index >= 15 is 0 Å². The highest BCUT2D eigenvalue weighted by molar-refractivity contribution is 4.75. The Bertz CT molecular complexity index is 169. The van der Waals surface area contributed by atoms with Gasteiger partial charge in [-0.15, -0.1) is 0 Å². The highest BCUT2D eigenvalue weighted by atomic mass is 16.5. The molecule has 0 amide bonds. The Morgan fingerprint density at radius 1 is 1.21 bits per heavy atom. The van der Waals surface area contributed by atoms with Gasteiger partial charge in [0.05, 0.1) is 6.10 Å². The fourth-order valence-corrected chi connectivity index (χ4v) is 2.49. The minimum Gasteiger partial charge on any atom is -0.392 e. The number of ether oxygens (including phenoxy) is 1. The van der Waals surface area contributed by atoms with E-state index in [1.54, 1.807) is 0 Å². The summed E-state index contributed by atoms with van der Waals surface area (Å²) >= 11 is 0. The van der Waals surface area contributed by atoms with Crippen LogP contribution in [-0.4, -0.2) is 49.0 Å². The highest BCUT2D eigenvalue weighted by Crippen LogP contribution is 2.18. The molecule has 14 heavy (non-hydrogen) atoms. The highest BCUT2D eigenvalue weighted by Gasteiger charge is 2.22. The van der Waals surface area contributed by atoms with E-state index in [2.05, 4.69) is 4.90 Å². The molecule has 0 radical (unpaired) electrons. The molecule has 3 heteroatoms. The zero-order valence-corrected chi connectivity index (χ0v) is 8.82. The Hall–Kier alpha value is -0.120. The van der Waals surface area contributed by atoms with Crippen LogP contribution in [0.25, 0.3) is 0 Å². The van der Waals surface area contributed by atoms with Gasteiger partial charge in [0, 0.05) is 26.3 Å². The van der Waals surface area contributed by atoms with Crippen LogP contribution in [0.15, 0.2) is 0 Å². The van der Waals surface area contributed by atoms with Crippen molar-refractivity contribution in [2.75, 3.05) is 32.8 Å². The quantitative estimate of drug-likeness (QED) is 0.716. The first kappa shape index (κ1) is 10.4. The molecule has 2 fully saturated rings. The predicted molar refractivity (Wildman–Crippen MR) is 55.2 cm³/mol. The Kier molecular flexibility index (Phi) is 3.79. The molecule has 2 aliphatic heterocycles. The Morgan fingerprint density at radius 2 is 2.00 bits per heavy atom. The number of rotatable bonds is 2. The molecule has 2 saturated heterocycles. The molecule has 2 heterocycles. The minimum atomic E-state index is -0.0800. The molecule has 0 aromatic carbocycles. The van der Waals surface area contributed by atoms with Crippen molar-refractivity contribution in [2.24, 2.45) is 5.92 Å². The summed E-state index contributed by atoms with van der Waals surface area (Å²) in [5.74, 6) is 0.800. The number of piperidine rings is 1. The second kappa shape index (κ2) is 5.10. The number of nitrogens with zero attached hydrogens (tertiary/aromatic N) is 1. The van der Waals surface area contributed by atoms with Crippen LogP contribution in [0.5, 0.6) is 0 Å². The summed E-state index contributed by atoms with van der Waals surface area (Å²) in [6, 6.07) is 0. The van der Waals surface area contributed by atoms with Crippen LogP contribution in [0.4, 0.5) is 0 Å². The molecule has 0 aromatic heterocycles. The van der Waals surface area contributed by atoms with Crippen LogP contribution in [0.3, 0.4) is 0 Å². The molecule has 2 aliphatic rings. The molecule has 0 aliphatic carbocycles. The van der Waals surface area contributed by atoms with E-state index in [0.29, 0.717) is 0 Å². The van der Waals surface area contributed by atoms with Gasteiger partial charge < -0.3 is 14.7 Å². The van der Waals surface area contributed by atoms with E-state index in [0.717, 1.165) is 38.5 Å². The van der Waals surface area contributed by atoms with Gasteiger partial charge in [0.25, 0.3) is 0 Å². The monoisotopic (exact) mass is 199 g/mol. The molecule has 1 atom stereocenters. The first-order valence-corrected chi connectivity index (χ1v) is 5.83. The predicted octanol–water partition coefficient (Wildman–Crippen LogP) is 0.870. The lowest BCUT2D eigenvalue weighted by molar-refractivity contribution is 0.0278. The molecule has 0 aromatic rings. The maximum absolute atomic E-state index is 9.54. The van der Waals surface area contributed by atoms with E-state index in [1.807, 2.05) is 0 Å². The zero-order valence-electron chi connectivity index (χ0n) is 8.82. The van der Waals surface area contributed by atoms with E-state index in [1.165, 1.54) is 25.9 Å². The molecule has 2 rings (SSSR count). The third-order valence-electron chi connectivity index (χ3n) is 3.34. The second-order valence-electron chi connectivity index (χ2n) is 4.61. The lowest BCUT2D eigenvalue weighted by atomic mass is 9.98. The third-order valence-corrected chi connectivity index (χ3v) is 3.34. The molecule has 1 N–H and O–H groups in total. The van der Waals surface area contributed by atoms with Crippen LogP contribution in [0.2, 0.25) is 0 Å². The van der Waals surface area contributed by atoms with E-state index in [4.69, 9.17) is 4.74 Å². The van der Waals surface area contributed by atoms with Crippen molar-refractivity contribution in [3.05, 3.63) is 0 Å². The van der Waals surface area contributed by atoms with Gasteiger partial charge in [-0.1, -0.05) is 0 Å². The van der Waals surface area contributed by atoms with Crippen LogP contribution in [0, 0.1) is 5.92 Å². The van der Waals surface area contributed by atoms with Gasteiger partial charge in [-0.05, 0) is 38.1 Å². The second-order valence-corrected chi connectivity index (χ2v) is 4.61. The number of β-amino-alcohol motifs (C(OH)–C–C–N with tert-alkyl or cyclic N) is 1. The minimum absolute atomic E-state index is 0.0800. The fourth-order valence-electron chi connectivity index (χ4n) is 2.49. The lowest BCUT2D eigenvalue weighted by Crippen LogP contribution is -2.41. The average molecular weight is 199 g/mol. The maximum Gasteiger partial charge on any atom is 0.0667 e. The van der Waals surface area contributed by atoms with Crippen LogP contribution >= 0.6 is 0 Å². The molecule has 0 saturated carbocycles. The Labute approximate surface area is 86.0 Å². The molecule has 3 nitrogen and oxygen atoms in total. The molecule has 0 unspecified atom stereocenters. The largest absolute Gasteiger partial charge is 0.392 e. The van der Waals surface area contributed by atoms with Gasteiger partial charge >= 0.3 is 0 Å². The van der Waals surface area contributed by atoms with Gasteiger partial charge in [-0.3, -0.25) is 0 Å². The smallest absolute Gasteiger partial charge is 0.0667 e. The summed E-state index contributed by atoms with van der Waals surface area (Å²) < 4.78 is 5.34. The van der Waals surface area contributed by atoms with Gasteiger partial charge in [0.2, 0.25) is 0 Å². The van der Waals surface area contributed by atoms with Gasteiger partial charge in [-0.25, -0.2) is 0 Å². The van der Waals surface area contributed by atoms with Crippen molar-refractivity contribution in [2.45, 2.75) is 31.8 Å². The average Bonchev–Trinajstić information content (AvgIpc) is 2.19. The molecular formula is C11H21NO2. The van der Waals surface area contributed by atoms with Gasteiger partial charge in [0.1, 0.15) is 0 Å². The SMILES string of the molecule is O[C@H]1CCCN(CC2CCOCC2)C1. The van der Waals surface area contributed by atoms with Crippen LogP contribution in [0.1, 0.15) is 25.7 Å². The first-order chi connectivity index (χ1) is 6.84. The van der Waals surface area contributed by atoms with E-state index in [-0.39, 0.29) is 6.10 Å². The van der Waals surface area contributed by atoms with Crippen LogP contribution in [-0.2, 0) is 4.74 Å². The number of hydrogen-bond donors (Lipinski definition) is 1.